The molecule has 0 bridgehead atoms. The minimum absolute atomic E-state index is 0.383. The van der Waals surface area contributed by atoms with Crippen LogP contribution in [0, 0.1) is 0 Å². The molecule has 1 rings (SSSR count). The van der Waals surface area contributed by atoms with E-state index in [0.29, 0.717) is 30.8 Å². The van der Waals surface area contributed by atoms with Gasteiger partial charge in [0.25, 0.3) is 0 Å². The van der Waals surface area contributed by atoms with Crippen molar-refractivity contribution in [3.8, 4) is 0 Å². The minimum Gasteiger partial charge on any atom is -0.378 e. The number of ether oxygens (including phenoxy) is 2. The van der Waals surface area contributed by atoms with Crippen LogP contribution in [0.4, 0.5) is 0 Å². The Morgan fingerprint density at radius 3 is 2.79 bits per heavy atom. The third-order valence-electron chi connectivity index (χ3n) is 1.52. The van der Waals surface area contributed by atoms with Crippen LogP contribution in [0.2, 0.25) is 5.15 Å². The van der Waals surface area contributed by atoms with Crippen LogP contribution in [-0.4, -0.2) is 23.7 Å². The molecule has 4 nitrogen and oxygen atoms in total. The van der Waals surface area contributed by atoms with Crippen molar-refractivity contribution in [2.45, 2.75) is 20.1 Å². The maximum Gasteiger partial charge on any atom is 0.156 e. The smallest absolute Gasteiger partial charge is 0.156 e. The Labute approximate surface area is 88.2 Å². The predicted octanol–water partition coefficient (Wildman–Crippen LogP) is 1.81. The molecule has 78 valence electrons. The molecule has 0 aliphatic heterocycles. The molecule has 1 aromatic heterocycles. The SMILES string of the molecule is CCOCc1nc(Cl)cc(COC)n1. The highest BCUT2D eigenvalue weighted by atomic mass is 35.5. The molecular weight excluding hydrogens is 204 g/mol. The van der Waals surface area contributed by atoms with Crippen LogP contribution in [-0.2, 0) is 22.7 Å². The second-order valence-electron chi connectivity index (χ2n) is 2.67. The largest absolute Gasteiger partial charge is 0.378 e. The first-order valence-corrected chi connectivity index (χ1v) is 4.73. The lowest BCUT2D eigenvalue weighted by molar-refractivity contribution is 0.127. The molecule has 0 radical (unpaired) electrons. The van der Waals surface area contributed by atoms with E-state index in [2.05, 4.69) is 9.97 Å². The molecule has 0 spiro atoms. The molecule has 5 heteroatoms. The molecule has 0 unspecified atom stereocenters. The van der Waals surface area contributed by atoms with Gasteiger partial charge < -0.3 is 9.47 Å². The summed E-state index contributed by atoms with van der Waals surface area (Å²) in [6.07, 6.45) is 0. The fourth-order valence-corrected chi connectivity index (χ4v) is 1.22. The number of nitrogens with zero attached hydrogens (tertiary/aromatic N) is 2. The van der Waals surface area contributed by atoms with Gasteiger partial charge in [-0.2, -0.15) is 0 Å². The van der Waals surface area contributed by atoms with Crippen molar-refractivity contribution in [1.82, 2.24) is 9.97 Å². The number of hydrogen-bond donors (Lipinski definition) is 0. The fourth-order valence-electron chi connectivity index (χ4n) is 0.996. The van der Waals surface area contributed by atoms with Gasteiger partial charge in [0.2, 0.25) is 0 Å². The Kier molecular flexibility index (Phi) is 4.79. The number of aromatic nitrogens is 2. The van der Waals surface area contributed by atoms with Crippen LogP contribution in [0.15, 0.2) is 6.07 Å². The summed E-state index contributed by atoms with van der Waals surface area (Å²) >= 11 is 5.80. The number of methoxy groups -OCH3 is 1. The van der Waals surface area contributed by atoms with Crippen molar-refractivity contribution >= 4 is 11.6 Å². The summed E-state index contributed by atoms with van der Waals surface area (Å²) in [6.45, 7) is 3.37. The molecule has 0 aliphatic carbocycles. The first kappa shape index (κ1) is 11.4. The van der Waals surface area contributed by atoms with Crippen molar-refractivity contribution < 1.29 is 9.47 Å². The summed E-state index contributed by atoms with van der Waals surface area (Å²) in [7, 11) is 1.61. The molecule has 0 saturated heterocycles. The zero-order chi connectivity index (χ0) is 10.4. The average Bonchev–Trinajstić information content (AvgIpc) is 2.14. The Morgan fingerprint density at radius 1 is 1.36 bits per heavy atom. The number of halogens is 1. The van der Waals surface area contributed by atoms with Crippen LogP contribution in [0.5, 0.6) is 0 Å². The monoisotopic (exact) mass is 216 g/mol. The highest BCUT2D eigenvalue weighted by Crippen LogP contribution is 2.08. The Bertz CT molecular complexity index is 294. The topological polar surface area (TPSA) is 44.2 Å². The van der Waals surface area contributed by atoms with Crippen molar-refractivity contribution in [3.63, 3.8) is 0 Å². The standard InChI is InChI=1S/C9H13ClN2O2/c1-3-14-6-9-11-7(5-13-2)4-8(10)12-9/h4H,3,5-6H2,1-2H3. The molecule has 0 saturated carbocycles. The van der Waals surface area contributed by atoms with Crippen LogP contribution in [0.3, 0.4) is 0 Å². The van der Waals surface area contributed by atoms with E-state index in [1.165, 1.54) is 0 Å². The van der Waals surface area contributed by atoms with Gasteiger partial charge in [-0.1, -0.05) is 11.6 Å². The van der Waals surface area contributed by atoms with E-state index < -0.39 is 0 Å². The van der Waals surface area contributed by atoms with Crippen molar-refractivity contribution in [1.29, 1.82) is 0 Å². The quantitative estimate of drug-likeness (QED) is 0.705. The fraction of sp³-hybridized carbons (Fsp3) is 0.556. The third-order valence-corrected chi connectivity index (χ3v) is 1.72. The molecule has 0 aliphatic rings. The van der Waals surface area contributed by atoms with E-state index in [-0.39, 0.29) is 0 Å². The molecular formula is C9H13ClN2O2. The molecule has 0 aromatic carbocycles. The predicted molar refractivity (Wildman–Crippen MR) is 53.1 cm³/mol. The maximum atomic E-state index is 5.80. The molecule has 1 heterocycles. The molecule has 0 amide bonds. The third kappa shape index (κ3) is 3.57. The number of rotatable bonds is 5. The van der Waals surface area contributed by atoms with Gasteiger partial charge in [-0.15, -0.1) is 0 Å². The van der Waals surface area contributed by atoms with E-state index in [1.54, 1.807) is 13.2 Å². The number of hydrogen-bond acceptors (Lipinski definition) is 4. The van der Waals surface area contributed by atoms with Crippen molar-refractivity contribution in [3.05, 3.63) is 22.7 Å². The first-order valence-electron chi connectivity index (χ1n) is 4.35. The summed E-state index contributed by atoms with van der Waals surface area (Å²) in [6, 6.07) is 1.68. The van der Waals surface area contributed by atoms with Gasteiger partial charge in [-0.05, 0) is 13.0 Å². The van der Waals surface area contributed by atoms with Crippen LogP contribution < -0.4 is 0 Å². The Balaban J connectivity index is 2.73. The van der Waals surface area contributed by atoms with E-state index in [4.69, 9.17) is 21.1 Å². The van der Waals surface area contributed by atoms with Gasteiger partial charge in [0.1, 0.15) is 11.8 Å². The van der Waals surface area contributed by atoms with Crippen LogP contribution in [0.1, 0.15) is 18.4 Å². The second-order valence-corrected chi connectivity index (χ2v) is 3.06. The second kappa shape index (κ2) is 5.90. The van der Waals surface area contributed by atoms with Crippen molar-refractivity contribution in [2.75, 3.05) is 13.7 Å². The van der Waals surface area contributed by atoms with Crippen molar-refractivity contribution in [2.24, 2.45) is 0 Å². The van der Waals surface area contributed by atoms with E-state index in [1.807, 2.05) is 6.92 Å². The molecule has 14 heavy (non-hydrogen) atoms. The molecule has 1 aromatic rings. The van der Waals surface area contributed by atoms with Crippen LogP contribution in [0.25, 0.3) is 0 Å². The van der Waals surface area contributed by atoms with E-state index >= 15 is 0 Å². The lowest BCUT2D eigenvalue weighted by atomic mass is 10.4. The zero-order valence-electron chi connectivity index (χ0n) is 8.29. The van der Waals surface area contributed by atoms with Gasteiger partial charge in [0, 0.05) is 13.7 Å². The Hall–Kier alpha value is -0.710. The summed E-state index contributed by atoms with van der Waals surface area (Å²) < 4.78 is 10.1. The van der Waals surface area contributed by atoms with Gasteiger partial charge in [-0.3, -0.25) is 0 Å². The molecule has 0 atom stereocenters. The van der Waals surface area contributed by atoms with Gasteiger partial charge >= 0.3 is 0 Å². The lowest BCUT2D eigenvalue weighted by Gasteiger charge is -2.04. The summed E-state index contributed by atoms with van der Waals surface area (Å²) in [5.74, 6) is 0.589. The van der Waals surface area contributed by atoms with Gasteiger partial charge in [0.05, 0.1) is 12.3 Å². The highest BCUT2D eigenvalue weighted by Gasteiger charge is 2.02. The first-order chi connectivity index (χ1) is 6.76. The summed E-state index contributed by atoms with van der Waals surface area (Å²) in [4.78, 5) is 8.24. The Morgan fingerprint density at radius 2 is 2.14 bits per heavy atom. The lowest BCUT2D eigenvalue weighted by Crippen LogP contribution is -2.03. The molecule has 0 N–H and O–H groups in total. The molecule has 0 fully saturated rings. The average molecular weight is 217 g/mol. The van der Waals surface area contributed by atoms with Gasteiger partial charge in [-0.25, -0.2) is 9.97 Å². The highest BCUT2D eigenvalue weighted by molar-refractivity contribution is 6.29. The summed E-state index contributed by atoms with van der Waals surface area (Å²) in [5.41, 5.74) is 0.766. The normalized spacial score (nSPS) is 10.5. The maximum absolute atomic E-state index is 5.80. The summed E-state index contributed by atoms with van der Waals surface area (Å²) in [5, 5.41) is 0.418. The van der Waals surface area contributed by atoms with Gasteiger partial charge in [0.15, 0.2) is 5.82 Å². The van der Waals surface area contributed by atoms with E-state index in [0.717, 1.165) is 5.69 Å². The minimum atomic E-state index is 0.383. The van der Waals surface area contributed by atoms with Crippen LogP contribution >= 0.6 is 11.6 Å². The zero-order valence-corrected chi connectivity index (χ0v) is 9.04. The van der Waals surface area contributed by atoms with E-state index in [9.17, 15) is 0 Å².